The van der Waals surface area contributed by atoms with Crippen LogP contribution in [0, 0.1) is 11.2 Å². The number of carbonyl (C=O) groups excluding carboxylic acids is 2. The van der Waals surface area contributed by atoms with E-state index in [4.69, 9.17) is 22.1 Å². The monoisotopic (exact) mass is 458 g/mol. The van der Waals surface area contributed by atoms with E-state index >= 15 is 4.39 Å². The molecule has 1 saturated heterocycles. The van der Waals surface area contributed by atoms with Crippen molar-refractivity contribution in [3.8, 4) is 11.1 Å². The number of nitrogens with one attached hydrogen (secondary N) is 1. The van der Waals surface area contributed by atoms with Crippen molar-refractivity contribution in [3.05, 3.63) is 40.8 Å². The maximum atomic E-state index is 15.6. The molecule has 32 heavy (non-hydrogen) atoms. The van der Waals surface area contributed by atoms with Crippen LogP contribution in [0.25, 0.3) is 11.1 Å². The third-order valence-corrected chi connectivity index (χ3v) is 7.56. The van der Waals surface area contributed by atoms with E-state index in [0.29, 0.717) is 42.4 Å². The van der Waals surface area contributed by atoms with Gasteiger partial charge in [0.25, 0.3) is 5.91 Å². The fourth-order valence-corrected chi connectivity index (χ4v) is 5.80. The van der Waals surface area contributed by atoms with Crippen LogP contribution in [0.3, 0.4) is 0 Å². The van der Waals surface area contributed by atoms with E-state index < -0.39 is 11.2 Å². The third-order valence-electron chi connectivity index (χ3n) is 7.16. The lowest BCUT2D eigenvalue weighted by Crippen LogP contribution is -2.42. The first-order chi connectivity index (χ1) is 15.3. The molecule has 7 nitrogen and oxygen atoms in total. The van der Waals surface area contributed by atoms with Crippen molar-refractivity contribution < 1.29 is 18.7 Å². The van der Waals surface area contributed by atoms with Crippen LogP contribution in [0.1, 0.15) is 31.7 Å². The molecule has 5 rings (SSSR count). The van der Waals surface area contributed by atoms with Crippen LogP contribution in [-0.2, 0) is 19.7 Å². The minimum atomic E-state index is -0.621. The van der Waals surface area contributed by atoms with Gasteiger partial charge in [-0.3, -0.25) is 9.59 Å². The third kappa shape index (κ3) is 3.08. The molecule has 9 heteroatoms. The molecule has 3 N–H and O–H groups in total. The molecule has 0 radical (unpaired) electrons. The highest BCUT2D eigenvalue weighted by Crippen LogP contribution is 2.57. The first-order valence-corrected chi connectivity index (χ1v) is 11.0. The van der Waals surface area contributed by atoms with Crippen molar-refractivity contribution in [1.82, 2.24) is 4.98 Å². The van der Waals surface area contributed by atoms with Crippen molar-refractivity contribution in [2.75, 3.05) is 36.5 Å². The maximum absolute atomic E-state index is 15.6. The number of halogens is 2. The van der Waals surface area contributed by atoms with Crippen molar-refractivity contribution in [2.45, 2.75) is 31.6 Å². The van der Waals surface area contributed by atoms with Crippen molar-refractivity contribution in [2.24, 2.45) is 11.1 Å². The first-order valence-electron chi connectivity index (χ1n) is 10.7. The molecule has 1 aromatic carbocycles. The van der Waals surface area contributed by atoms with Gasteiger partial charge >= 0.3 is 0 Å². The number of aromatic nitrogens is 1. The molecule has 1 aromatic heterocycles. The molecule has 2 fully saturated rings. The largest absolute Gasteiger partial charge is 0.370 e. The van der Waals surface area contributed by atoms with Gasteiger partial charge in [0.05, 0.1) is 17.3 Å². The zero-order valence-electron chi connectivity index (χ0n) is 17.7. The lowest BCUT2D eigenvalue weighted by molar-refractivity contribution is -0.127. The number of amides is 2. The van der Waals surface area contributed by atoms with Gasteiger partial charge in [-0.15, -0.1) is 0 Å². The normalized spacial score (nSPS) is 27.0. The lowest BCUT2D eigenvalue weighted by atomic mass is 9.76. The molecule has 0 bridgehead atoms. The first kappa shape index (κ1) is 21.2. The van der Waals surface area contributed by atoms with Crippen LogP contribution in [0.4, 0.5) is 15.9 Å². The molecule has 2 aromatic rings. The number of ether oxygens (including phenoxy) is 1. The Morgan fingerprint density at radius 1 is 1.34 bits per heavy atom. The average molecular weight is 459 g/mol. The number of benzene rings is 1. The number of morpholine rings is 1. The molecule has 2 atom stereocenters. The molecule has 1 saturated carbocycles. The van der Waals surface area contributed by atoms with E-state index in [1.54, 1.807) is 24.4 Å². The van der Waals surface area contributed by atoms with Crippen LogP contribution in [0.2, 0.25) is 5.02 Å². The molecule has 2 amide bonds. The summed E-state index contributed by atoms with van der Waals surface area (Å²) in [4.78, 5) is 30.2. The number of nitrogens with two attached hydrogens (primary N) is 1. The summed E-state index contributed by atoms with van der Waals surface area (Å²) in [7, 11) is 0. The highest BCUT2D eigenvalue weighted by molar-refractivity contribution is 6.34. The summed E-state index contributed by atoms with van der Waals surface area (Å²) in [6.07, 6.45) is 3.51. The summed E-state index contributed by atoms with van der Waals surface area (Å²) in [5.41, 5.74) is 6.43. The second-order valence-corrected chi connectivity index (χ2v) is 9.56. The van der Waals surface area contributed by atoms with Gasteiger partial charge < -0.3 is 20.7 Å². The summed E-state index contributed by atoms with van der Waals surface area (Å²) in [5.74, 6) is -0.477. The Morgan fingerprint density at radius 3 is 2.88 bits per heavy atom. The van der Waals surface area contributed by atoms with Gasteiger partial charge in [0.2, 0.25) is 5.91 Å². The number of primary amides is 1. The number of nitrogens with zero attached hydrogens (tertiary/aromatic N) is 2. The van der Waals surface area contributed by atoms with E-state index in [1.165, 1.54) is 4.90 Å². The van der Waals surface area contributed by atoms with Gasteiger partial charge in [0.15, 0.2) is 5.82 Å². The topological polar surface area (TPSA) is 97.6 Å². The van der Waals surface area contributed by atoms with Crippen LogP contribution in [0.15, 0.2) is 24.4 Å². The second kappa shape index (κ2) is 7.42. The van der Waals surface area contributed by atoms with Crippen LogP contribution in [0.5, 0.6) is 0 Å². The Balaban J connectivity index is 1.59. The Hall–Kier alpha value is -2.71. The summed E-state index contributed by atoms with van der Waals surface area (Å²) >= 11 is 6.91. The molecule has 3 heterocycles. The highest BCUT2D eigenvalue weighted by atomic mass is 35.5. The van der Waals surface area contributed by atoms with E-state index in [9.17, 15) is 9.59 Å². The summed E-state index contributed by atoms with van der Waals surface area (Å²) < 4.78 is 20.8. The summed E-state index contributed by atoms with van der Waals surface area (Å²) in [6, 6.07) is 4.92. The molecule has 0 unspecified atom stereocenters. The molecule has 168 valence electrons. The van der Waals surface area contributed by atoms with Crippen LogP contribution in [-0.4, -0.2) is 43.1 Å². The van der Waals surface area contributed by atoms with E-state index in [2.05, 4.69) is 10.3 Å². The molecular weight excluding hydrogens is 435 g/mol. The Kier molecular flexibility index (Phi) is 4.90. The van der Waals surface area contributed by atoms with Crippen molar-refractivity contribution in [1.29, 1.82) is 0 Å². The molecule has 3 aliphatic rings. The molecule has 1 aliphatic carbocycles. The lowest BCUT2D eigenvalue weighted by Gasteiger charge is -2.28. The summed E-state index contributed by atoms with van der Waals surface area (Å²) in [5, 5.41) is 3.72. The SMILES string of the molecule is C[C@]1(C(N)=O)CC[C@]2(CNc3ncc(-c4cccc(N5CCOCC5=O)c4F)c(Cl)c32)C1. The standard InChI is InChI=1S/C23H24ClFN4O3/c1-22(21(26)31)5-6-23(11-22)12-28-20-17(23)18(24)14(9-27-20)13-3-2-4-15(19(13)25)29-7-8-32-10-16(29)30/h2-4,9H,5-8,10-12H2,1H3,(H2,26,31)(H,27,28)/t22-,23+/m0/s1. The van der Waals surface area contributed by atoms with Gasteiger partial charge in [0, 0.05) is 46.8 Å². The number of hydrogen-bond acceptors (Lipinski definition) is 5. The number of pyridine rings is 1. The predicted octanol–water partition coefficient (Wildman–Crippen LogP) is 3.24. The molecule has 2 aliphatic heterocycles. The second-order valence-electron chi connectivity index (χ2n) is 9.18. The Morgan fingerprint density at radius 2 is 2.16 bits per heavy atom. The van der Waals surface area contributed by atoms with Gasteiger partial charge in [-0.2, -0.15) is 0 Å². The number of rotatable bonds is 3. The van der Waals surface area contributed by atoms with Crippen LogP contribution < -0.4 is 16.0 Å². The van der Waals surface area contributed by atoms with Gasteiger partial charge in [-0.1, -0.05) is 30.7 Å². The van der Waals surface area contributed by atoms with Gasteiger partial charge in [0.1, 0.15) is 12.4 Å². The quantitative estimate of drug-likeness (QED) is 0.735. The maximum Gasteiger partial charge on any atom is 0.253 e. The predicted molar refractivity (Wildman–Crippen MR) is 119 cm³/mol. The zero-order chi connectivity index (χ0) is 22.7. The fourth-order valence-electron chi connectivity index (χ4n) is 5.36. The van der Waals surface area contributed by atoms with Crippen LogP contribution >= 0.6 is 11.6 Å². The van der Waals surface area contributed by atoms with E-state index in [-0.39, 0.29) is 41.6 Å². The highest BCUT2D eigenvalue weighted by Gasteiger charge is 2.53. The van der Waals surface area contributed by atoms with Gasteiger partial charge in [-0.05, 0) is 25.3 Å². The van der Waals surface area contributed by atoms with E-state index in [0.717, 1.165) is 12.0 Å². The average Bonchev–Trinajstić information content (AvgIpc) is 3.31. The number of carbonyl (C=O) groups is 2. The minimum Gasteiger partial charge on any atom is -0.370 e. The number of anilines is 2. The minimum absolute atomic E-state index is 0.0718. The van der Waals surface area contributed by atoms with Crippen molar-refractivity contribution in [3.63, 3.8) is 0 Å². The van der Waals surface area contributed by atoms with Gasteiger partial charge in [-0.25, -0.2) is 9.37 Å². The zero-order valence-corrected chi connectivity index (χ0v) is 18.5. The Labute approximate surface area is 190 Å². The molecular formula is C23H24ClFN4O3. The number of fused-ring (bicyclic) bond motifs is 2. The summed E-state index contributed by atoms with van der Waals surface area (Å²) in [6.45, 7) is 3.05. The number of hydrogen-bond donors (Lipinski definition) is 2. The Bertz CT molecular complexity index is 1140. The van der Waals surface area contributed by atoms with E-state index in [1.807, 2.05) is 6.92 Å². The molecule has 1 spiro atoms. The smallest absolute Gasteiger partial charge is 0.253 e. The fraction of sp³-hybridized carbons (Fsp3) is 0.435. The van der Waals surface area contributed by atoms with Crippen molar-refractivity contribution >= 4 is 34.9 Å².